The maximum Gasteiger partial charge on any atom is 0.240 e. The molecule has 0 saturated heterocycles. The Morgan fingerprint density at radius 3 is 2.42 bits per heavy atom. The smallest absolute Gasteiger partial charge is 0.240 e. The van der Waals surface area contributed by atoms with Crippen molar-refractivity contribution in [3.8, 4) is 0 Å². The lowest BCUT2D eigenvalue weighted by Crippen LogP contribution is -2.37. The fourth-order valence-electron chi connectivity index (χ4n) is 2.53. The highest BCUT2D eigenvalue weighted by Gasteiger charge is 2.27. The van der Waals surface area contributed by atoms with E-state index in [4.69, 9.17) is 0 Å². The molecule has 0 aromatic heterocycles. The second-order valence-corrected chi connectivity index (χ2v) is 8.44. The molecule has 0 spiro atoms. The predicted molar refractivity (Wildman–Crippen MR) is 107 cm³/mol. The van der Waals surface area contributed by atoms with Crippen molar-refractivity contribution in [3.05, 3.63) is 29.8 Å². The number of nitrogens with one attached hydrogen (secondary N) is 3. The standard InChI is InChI=1S/C19H32N4O2S/c1-3-5-6-7-14-21-19(20-4-2)22-15-16-8-12-18(13-9-16)26(24,25)23-17-10-11-17/h8-9,12-13,17,23H,3-7,10-11,14-15H2,1-2H3,(H2,20,21,22). The van der Waals surface area contributed by atoms with Crippen LogP contribution in [-0.2, 0) is 16.6 Å². The van der Waals surface area contributed by atoms with Crippen LogP contribution in [0.15, 0.2) is 34.2 Å². The van der Waals surface area contributed by atoms with Crippen molar-refractivity contribution in [2.45, 2.75) is 69.9 Å². The summed E-state index contributed by atoms with van der Waals surface area (Å²) in [5, 5.41) is 6.59. The summed E-state index contributed by atoms with van der Waals surface area (Å²) in [6.45, 7) is 6.49. The molecule has 0 amide bonds. The average Bonchev–Trinajstić information content (AvgIpc) is 3.43. The Bertz CT molecular complexity index is 667. The second-order valence-electron chi connectivity index (χ2n) is 6.72. The Balaban J connectivity index is 1.87. The Hall–Kier alpha value is -1.60. The molecule has 0 radical (unpaired) electrons. The van der Waals surface area contributed by atoms with Crippen LogP contribution >= 0.6 is 0 Å². The van der Waals surface area contributed by atoms with E-state index in [9.17, 15) is 8.42 Å². The monoisotopic (exact) mass is 380 g/mol. The number of sulfonamides is 1. The van der Waals surface area contributed by atoms with Gasteiger partial charge in [0.15, 0.2) is 5.96 Å². The van der Waals surface area contributed by atoms with Crippen molar-refractivity contribution in [2.24, 2.45) is 4.99 Å². The molecule has 6 nitrogen and oxygen atoms in total. The van der Waals surface area contributed by atoms with Crippen molar-refractivity contribution in [3.63, 3.8) is 0 Å². The lowest BCUT2D eigenvalue weighted by Gasteiger charge is -2.11. The normalized spacial score (nSPS) is 15.1. The summed E-state index contributed by atoms with van der Waals surface area (Å²) in [6, 6.07) is 7.09. The minimum Gasteiger partial charge on any atom is -0.357 e. The van der Waals surface area contributed by atoms with Crippen LogP contribution in [0.3, 0.4) is 0 Å². The molecule has 1 aromatic carbocycles. The van der Waals surface area contributed by atoms with Crippen LogP contribution in [0.2, 0.25) is 0 Å². The number of hydrogen-bond acceptors (Lipinski definition) is 3. The van der Waals surface area contributed by atoms with Gasteiger partial charge in [-0.3, -0.25) is 0 Å². The third-order valence-electron chi connectivity index (χ3n) is 4.22. The molecular weight excluding hydrogens is 348 g/mol. The van der Waals surface area contributed by atoms with Gasteiger partial charge >= 0.3 is 0 Å². The zero-order valence-electron chi connectivity index (χ0n) is 15.9. The molecule has 0 heterocycles. The maximum absolute atomic E-state index is 12.2. The first-order chi connectivity index (χ1) is 12.5. The van der Waals surface area contributed by atoms with Crippen LogP contribution in [-0.4, -0.2) is 33.5 Å². The van der Waals surface area contributed by atoms with Crippen LogP contribution in [0.4, 0.5) is 0 Å². The van der Waals surface area contributed by atoms with Crippen molar-refractivity contribution in [2.75, 3.05) is 13.1 Å². The van der Waals surface area contributed by atoms with E-state index in [-0.39, 0.29) is 6.04 Å². The van der Waals surface area contributed by atoms with Gasteiger partial charge in [-0.25, -0.2) is 18.1 Å². The molecule has 0 atom stereocenters. The van der Waals surface area contributed by atoms with Crippen LogP contribution in [0.5, 0.6) is 0 Å². The fourth-order valence-corrected chi connectivity index (χ4v) is 3.84. The van der Waals surface area contributed by atoms with Gasteiger partial charge in [0.05, 0.1) is 11.4 Å². The second kappa shape index (κ2) is 10.5. The van der Waals surface area contributed by atoms with E-state index in [1.807, 2.05) is 19.1 Å². The molecule has 1 aliphatic carbocycles. The van der Waals surface area contributed by atoms with Crippen molar-refractivity contribution >= 4 is 16.0 Å². The fraction of sp³-hybridized carbons (Fsp3) is 0.632. The maximum atomic E-state index is 12.2. The van der Waals surface area contributed by atoms with Crippen molar-refractivity contribution in [1.82, 2.24) is 15.4 Å². The lowest BCUT2D eigenvalue weighted by molar-refractivity contribution is 0.581. The zero-order valence-corrected chi connectivity index (χ0v) is 16.7. The molecule has 0 bridgehead atoms. The molecule has 7 heteroatoms. The van der Waals surface area contributed by atoms with E-state index in [1.54, 1.807) is 12.1 Å². The number of rotatable bonds is 11. The van der Waals surface area contributed by atoms with E-state index < -0.39 is 10.0 Å². The highest BCUT2D eigenvalue weighted by atomic mass is 32.2. The molecule has 1 saturated carbocycles. The van der Waals surface area contributed by atoms with Gasteiger partial charge in [-0.1, -0.05) is 38.3 Å². The summed E-state index contributed by atoms with van der Waals surface area (Å²) in [4.78, 5) is 4.90. The summed E-state index contributed by atoms with van der Waals surface area (Å²) in [5.41, 5.74) is 0.985. The van der Waals surface area contributed by atoms with E-state index in [2.05, 4.69) is 27.3 Å². The molecule has 0 unspecified atom stereocenters. The van der Waals surface area contributed by atoms with Crippen LogP contribution in [0.25, 0.3) is 0 Å². The van der Waals surface area contributed by atoms with Gasteiger partial charge in [0.25, 0.3) is 0 Å². The topological polar surface area (TPSA) is 82.6 Å². The summed E-state index contributed by atoms with van der Waals surface area (Å²) in [6.07, 6.45) is 6.73. The number of benzene rings is 1. The Kier molecular flexibility index (Phi) is 8.38. The Morgan fingerprint density at radius 1 is 1.08 bits per heavy atom. The van der Waals surface area contributed by atoms with Gasteiger partial charge in [0.2, 0.25) is 10.0 Å². The van der Waals surface area contributed by atoms with Gasteiger partial charge in [-0.05, 0) is 43.9 Å². The average molecular weight is 381 g/mol. The third kappa shape index (κ3) is 7.33. The summed E-state index contributed by atoms with van der Waals surface area (Å²) in [5.74, 6) is 0.802. The van der Waals surface area contributed by atoms with Crippen LogP contribution in [0, 0.1) is 0 Å². The molecule has 146 valence electrons. The molecule has 2 rings (SSSR count). The van der Waals surface area contributed by atoms with E-state index in [0.717, 1.165) is 43.9 Å². The Morgan fingerprint density at radius 2 is 1.81 bits per heavy atom. The van der Waals surface area contributed by atoms with Crippen LogP contribution in [0.1, 0.15) is 57.9 Å². The first-order valence-electron chi connectivity index (χ1n) is 9.68. The van der Waals surface area contributed by atoms with Gasteiger partial charge in [0, 0.05) is 19.1 Å². The minimum atomic E-state index is -3.38. The van der Waals surface area contributed by atoms with E-state index in [1.165, 1.54) is 19.3 Å². The molecule has 26 heavy (non-hydrogen) atoms. The van der Waals surface area contributed by atoms with E-state index in [0.29, 0.717) is 11.4 Å². The lowest BCUT2D eigenvalue weighted by atomic mass is 10.2. The first kappa shape index (κ1) is 20.7. The summed E-state index contributed by atoms with van der Waals surface area (Å²) >= 11 is 0. The number of aliphatic imine (C=N–C) groups is 1. The van der Waals surface area contributed by atoms with Crippen LogP contribution < -0.4 is 15.4 Å². The summed E-state index contributed by atoms with van der Waals surface area (Å²) in [7, 11) is -3.38. The van der Waals surface area contributed by atoms with Gasteiger partial charge in [-0.15, -0.1) is 0 Å². The SMILES string of the molecule is CCCCCCNC(=NCc1ccc(S(=O)(=O)NC2CC2)cc1)NCC. The van der Waals surface area contributed by atoms with Gasteiger partial charge < -0.3 is 10.6 Å². The number of hydrogen-bond donors (Lipinski definition) is 3. The number of guanidine groups is 1. The zero-order chi connectivity index (χ0) is 18.8. The third-order valence-corrected chi connectivity index (χ3v) is 5.76. The molecule has 1 aliphatic rings. The molecule has 1 aromatic rings. The first-order valence-corrected chi connectivity index (χ1v) is 11.2. The summed E-state index contributed by atoms with van der Waals surface area (Å²) < 4.78 is 27.1. The number of unbranched alkanes of at least 4 members (excludes halogenated alkanes) is 3. The highest BCUT2D eigenvalue weighted by Crippen LogP contribution is 2.22. The molecule has 0 aliphatic heterocycles. The Labute approximate surface area is 157 Å². The molecule has 1 fully saturated rings. The number of nitrogens with zero attached hydrogens (tertiary/aromatic N) is 1. The van der Waals surface area contributed by atoms with Crippen molar-refractivity contribution in [1.29, 1.82) is 0 Å². The quantitative estimate of drug-likeness (QED) is 0.313. The minimum absolute atomic E-state index is 0.121. The molecular formula is C19H32N4O2S. The van der Waals surface area contributed by atoms with Crippen molar-refractivity contribution < 1.29 is 8.42 Å². The largest absolute Gasteiger partial charge is 0.357 e. The highest BCUT2D eigenvalue weighted by molar-refractivity contribution is 7.89. The predicted octanol–water partition coefficient (Wildman–Crippen LogP) is 2.76. The van der Waals surface area contributed by atoms with Gasteiger partial charge in [0.1, 0.15) is 0 Å². The molecule has 3 N–H and O–H groups in total. The van der Waals surface area contributed by atoms with Gasteiger partial charge in [-0.2, -0.15) is 0 Å². The van der Waals surface area contributed by atoms with E-state index >= 15 is 0 Å².